The minimum absolute atomic E-state index is 0.238. The molecule has 0 fully saturated rings. The number of anilines is 2. The first-order valence-electron chi connectivity index (χ1n) is 6.16. The monoisotopic (exact) mass is 276 g/mol. The van der Waals surface area contributed by atoms with Crippen molar-refractivity contribution in [3.8, 4) is 0 Å². The summed E-state index contributed by atoms with van der Waals surface area (Å²) >= 11 is 0. The van der Waals surface area contributed by atoms with Crippen molar-refractivity contribution in [2.45, 2.75) is 19.9 Å². The normalized spacial score (nSPS) is 10.3. The Balaban J connectivity index is 2.11. The van der Waals surface area contributed by atoms with E-state index in [2.05, 4.69) is 20.0 Å². The fourth-order valence-electron chi connectivity index (χ4n) is 1.65. The van der Waals surface area contributed by atoms with Crippen LogP contribution in [0.3, 0.4) is 0 Å². The first-order valence-corrected chi connectivity index (χ1v) is 6.16. The average Bonchev–Trinajstić information content (AvgIpc) is 2.93. The van der Waals surface area contributed by atoms with E-state index in [0.717, 1.165) is 12.2 Å². The topological polar surface area (TPSA) is 103 Å². The Labute approximate surface area is 116 Å². The van der Waals surface area contributed by atoms with Gasteiger partial charge in [0.1, 0.15) is 11.6 Å². The highest BCUT2D eigenvalue weighted by molar-refractivity contribution is 5.97. The highest BCUT2D eigenvalue weighted by atomic mass is 16.5. The predicted molar refractivity (Wildman–Crippen MR) is 73.2 cm³/mol. The number of carbonyl (C=O) groups is 1. The summed E-state index contributed by atoms with van der Waals surface area (Å²) in [5.41, 5.74) is 6.39. The van der Waals surface area contributed by atoms with Gasteiger partial charge in [0.15, 0.2) is 0 Å². The van der Waals surface area contributed by atoms with Crippen molar-refractivity contribution in [1.29, 1.82) is 0 Å². The van der Waals surface area contributed by atoms with Crippen molar-refractivity contribution >= 4 is 17.5 Å². The van der Waals surface area contributed by atoms with Crippen molar-refractivity contribution < 1.29 is 13.9 Å². The van der Waals surface area contributed by atoms with Gasteiger partial charge in [-0.3, -0.25) is 0 Å². The molecular formula is C13H16N4O3. The zero-order valence-electron chi connectivity index (χ0n) is 11.3. The number of aromatic nitrogens is 2. The molecule has 0 aromatic carbocycles. The van der Waals surface area contributed by atoms with E-state index in [-0.39, 0.29) is 11.3 Å². The number of rotatable bonds is 5. The maximum absolute atomic E-state index is 11.5. The van der Waals surface area contributed by atoms with Crippen LogP contribution >= 0.6 is 0 Å². The number of pyridine rings is 1. The lowest BCUT2D eigenvalue weighted by atomic mass is 10.2. The fraction of sp³-hybridized carbons (Fsp3) is 0.308. The van der Waals surface area contributed by atoms with Gasteiger partial charge < -0.3 is 20.2 Å². The first kappa shape index (κ1) is 13.9. The Kier molecular flexibility index (Phi) is 4.19. The van der Waals surface area contributed by atoms with Gasteiger partial charge in [-0.25, -0.2) is 14.8 Å². The highest BCUT2D eigenvalue weighted by Gasteiger charge is 2.14. The molecule has 0 spiro atoms. The van der Waals surface area contributed by atoms with Gasteiger partial charge in [0.25, 0.3) is 0 Å². The van der Waals surface area contributed by atoms with Gasteiger partial charge in [-0.15, -0.1) is 0 Å². The number of esters is 1. The molecule has 0 radical (unpaired) electrons. The predicted octanol–water partition coefficient (Wildman–Crippen LogP) is 1.61. The van der Waals surface area contributed by atoms with Crippen molar-refractivity contribution in [2.24, 2.45) is 0 Å². The number of ether oxygens (including phenoxy) is 1. The third kappa shape index (κ3) is 2.87. The molecule has 7 nitrogen and oxygen atoms in total. The zero-order chi connectivity index (χ0) is 14.5. The molecule has 2 rings (SSSR count). The van der Waals surface area contributed by atoms with E-state index in [1.54, 1.807) is 6.20 Å². The Bertz CT molecular complexity index is 609. The summed E-state index contributed by atoms with van der Waals surface area (Å²) in [6.45, 7) is 2.32. The van der Waals surface area contributed by atoms with Crippen LogP contribution < -0.4 is 11.1 Å². The lowest BCUT2D eigenvalue weighted by molar-refractivity contribution is 0.0602. The number of aryl methyl sites for hydroxylation is 1. The lowest BCUT2D eigenvalue weighted by Gasteiger charge is -2.09. The first-order chi connectivity index (χ1) is 9.65. The van der Waals surface area contributed by atoms with Crippen LogP contribution in [0.1, 0.15) is 28.9 Å². The molecule has 0 unspecified atom stereocenters. The van der Waals surface area contributed by atoms with Gasteiger partial charge in [-0.1, -0.05) is 6.92 Å². The molecule has 2 heterocycles. The maximum atomic E-state index is 11.5. The maximum Gasteiger partial charge on any atom is 0.340 e. The minimum atomic E-state index is -0.502. The molecule has 0 atom stereocenters. The van der Waals surface area contributed by atoms with Crippen LogP contribution in [-0.2, 0) is 17.7 Å². The second kappa shape index (κ2) is 6.05. The molecule has 0 aliphatic carbocycles. The number of hydrogen-bond donors (Lipinski definition) is 2. The standard InChI is InChI=1S/C13H16N4O3/c1-3-8-6-16-10(20-8)7-17-12-11(14)9(4-5-15-12)13(18)19-2/h4-6H,3,7,14H2,1-2H3,(H,15,17). The number of nitrogens with zero attached hydrogens (tertiary/aromatic N) is 2. The number of nitrogen functional groups attached to an aromatic ring is 1. The van der Waals surface area contributed by atoms with Crippen LogP contribution in [0.4, 0.5) is 11.5 Å². The van der Waals surface area contributed by atoms with Crippen LogP contribution in [0.2, 0.25) is 0 Å². The van der Waals surface area contributed by atoms with E-state index in [1.165, 1.54) is 19.4 Å². The molecule has 0 aliphatic rings. The molecule has 0 saturated heterocycles. The summed E-state index contributed by atoms with van der Waals surface area (Å²) in [5.74, 6) is 1.24. The Morgan fingerprint density at radius 1 is 1.50 bits per heavy atom. The third-order valence-electron chi connectivity index (χ3n) is 2.75. The van der Waals surface area contributed by atoms with E-state index in [1.807, 2.05) is 6.92 Å². The molecule has 0 amide bonds. The molecule has 2 aromatic heterocycles. The SMILES string of the molecule is CCc1cnc(CNc2nccc(C(=O)OC)c2N)o1. The second-order valence-electron chi connectivity index (χ2n) is 4.04. The van der Waals surface area contributed by atoms with Crippen LogP contribution in [0.15, 0.2) is 22.9 Å². The summed E-state index contributed by atoms with van der Waals surface area (Å²) in [4.78, 5) is 19.7. The number of oxazole rings is 1. The highest BCUT2D eigenvalue weighted by Crippen LogP contribution is 2.21. The summed E-state index contributed by atoms with van der Waals surface area (Å²) in [7, 11) is 1.30. The third-order valence-corrected chi connectivity index (χ3v) is 2.75. The smallest absolute Gasteiger partial charge is 0.340 e. The molecule has 0 bridgehead atoms. The Morgan fingerprint density at radius 2 is 2.30 bits per heavy atom. The Hall–Kier alpha value is -2.57. The molecule has 0 aliphatic heterocycles. The van der Waals surface area contributed by atoms with Crippen molar-refractivity contribution in [1.82, 2.24) is 9.97 Å². The fourth-order valence-corrected chi connectivity index (χ4v) is 1.65. The quantitative estimate of drug-likeness (QED) is 0.799. The Morgan fingerprint density at radius 3 is 2.95 bits per heavy atom. The van der Waals surface area contributed by atoms with Crippen molar-refractivity contribution in [3.05, 3.63) is 35.7 Å². The number of hydrogen-bond acceptors (Lipinski definition) is 7. The number of nitrogens with two attached hydrogens (primary N) is 1. The van der Waals surface area contributed by atoms with Crippen LogP contribution in [0, 0.1) is 0 Å². The van der Waals surface area contributed by atoms with E-state index >= 15 is 0 Å². The number of methoxy groups -OCH3 is 1. The van der Waals surface area contributed by atoms with Gasteiger partial charge in [0, 0.05) is 12.6 Å². The molecule has 106 valence electrons. The summed E-state index contributed by atoms with van der Waals surface area (Å²) in [6.07, 6.45) is 3.95. The van der Waals surface area contributed by atoms with E-state index in [0.29, 0.717) is 18.3 Å². The van der Waals surface area contributed by atoms with Gasteiger partial charge in [0.2, 0.25) is 5.89 Å². The molecule has 20 heavy (non-hydrogen) atoms. The second-order valence-corrected chi connectivity index (χ2v) is 4.04. The van der Waals surface area contributed by atoms with Gasteiger partial charge in [-0.2, -0.15) is 0 Å². The van der Waals surface area contributed by atoms with Crippen molar-refractivity contribution in [2.75, 3.05) is 18.2 Å². The van der Waals surface area contributed by atoms with Gasteiger partial charge in [0.05, 0.1) is 31.1 Å². The molecule has 0 saturated carbocycles. The molecular weight excluding hydrogens is 260 g/mol. The largest absolute Gasteiger partial charge is 0.465 e. The van der Waals surface area contributed by atoms with Crippen molar-refractivity contribution in [3.63, 3.8) is 0 Å². The van der Waals surface area contributed by atoms with E-state index < -0.39 is 5.97 Å². The minimum Gasteiger partial charge on any atom is -0.465 e. The van der Waals surface area contributed by atoms with Crippen LogP contribution in [0.25, 0.3) is 0 Å². The summed E-state index contributed by atoms with van der Waals surface area (Å²) in [5, 5.41) is 2.99. The summed E-state index contributed by atoms with van der Waals surface area (Å²) < 4.78 is 10.1. The lowest BCUT2D eigenvalue weighted by Crippen LogP contribution is -2.10. The molecule has 2 aromatic rings. The number of nitrogens with one attached hydrogen (secondary N) is 1. The molecule has 7 heteroatoms. The van der Waals surface area contributed by atoms with E-state index in [9.17, 15) is 4.79 Å². The number of carbonyl (C=O) groups excluding carboxylic acids is 1. The zero-order valence-corrected chi connectivity index (χ0v) is 11.3. The summed E-state index contributed by atoms with van der Waals surface area (Å²) in [6, 6.07) is 1.51. The van der Waals surface area contributed by atoms with Gasteiger partial charge >= 0.3 is 5.97 Å². The molecule has 3 N–H and O–H groups in total. The van der Waals surface area contributed by atoms with Crippen LogP contribution in [-0.4, -0.2) is 23.0 Å². The van der Waals surface area contributed by atoms with Crippen LogP contribution in [0.5, 0.6) is 0 Å². The van der Waals surface area contributed by atoms with Gasteiger partial charge in [-0.05, 0) is 6.07 Å². The average molecular weight is 276 g/mol. The van der Waals surface area contributed by atoms with E-state index in [4.69, 9.17) is 10.2 Å².